The van der Waals surface area contributed by atoms with Crippen molar-refractivity contribution in [1.82, 2.24) is 9.80 Å². The maximum Gasteiger partial charge on any atom is 0.236 e. The van der Waals surface area contributed by atoms with Crippen molar-refractivity contribution >= 4 is 5.91 Å². The van der Waals surface area contributed by atoms with Crippen LogP contribution in [0, 0.1) is 0 Å². The molecule has 2 fully saturated rings. The summed E-state index contributed by atoms with van der Waals surface area (Å²) in [5, 5.41) is 9.01. The molecule has 16 heavy (non-hydrogen) atoms. The number of aliphatic hydroxyl groups excluding tert-OH is 1. The molecule has 1 atom stereocenters. The third-order valence-electron chi connectivity index (χ3n) is 3.76. The van der Waals surface area contributed by atoms with Crippen LogP contribution in [0.25, 0.3) is 0 Å². The van der Waals surface area contributed by atoms with E-state index in [-0.39, 0.29) is 12.5 Å². The summed E-state index contributed by atoms with van der Waals surface area (Å²) in [6, 6.07) is 0.420. The Bertz CT molecular complexity index is 239. The Morgan fingerprint density at radius 2 is 2.00 bits per heavy atom. The van der Waals surface area contributed by atoms with Gasteiger partial charge in [-0.25, -0.2) is 0 Å². The maximum atomic E-state index is 11.9. The Morgan fingerprint density at radius 1 is 1.19 bits per heavy atom. The van der Waals surface area contributed by atoms with Gasteiger partial charge in [0, 0.05) is 25.7 Å². The van der Waals surface area contributed by atoms with E-state index in [9.17, 15) is 4.79 Å². The van der Waals surface area contributed by atoms with Gasteiger partial charge in [0.15, 0.2) is 0 Å². The molecular formula is C12H22N2O2. The normalized spacial score (nSPS) is 26.6. The minimum absolute atomic E-state index is 0.235. The molecule has 92 valence electrons. The van der Waals surface area contributed by atoms with Crippen LogP contribution in [0.1, 0.15) is 32.1 Å². The second kappa shape index (κ2) is 5.64. The molecule has 0 spiro atoms. The highest BCUT2D eigenvalue weighted by Gasteiger charge is 2.27. The standard InChI is InChI=1S/C12H22N2O2/c15-9-5-11-4-1-2-6-14(11)10-12(16)13-7-3-8-13/h11,15H,1-10H2. The average molecular weight is 226 g/mol. The van der Waals surface area contributed by atoms with Crippen LogP contribution in [-0.2, 0) is 4.79 Å². The molecule has 0 bridgehead atoms. The van der Waals surface area contributed by atoms with Crippen molar-refractivity contribution in [2.45, 2.75) is 38.1 Å². The zero-order valence-electron chi connectivity index (χ0n) is 9.90. The lowest BCUT2D eigenvalue weighted by atomic mass is 9.99. The fourth-order valence-corrected chi connectivity index (χ4v) is 2.58. The average Bonchev–Trinajstić information content (AvgIpc) is 2.18. The summed E-state index contributed by atoms with van der Waals surface area (Å²) in [4.78, 5) is 16.1. The van der Waals surface area contributed by atoms with Crippen molar-refractivity contribution in [2.24, 2.45) is 0 Å². The molecule has 0 aromatic carbocycles. The van der Waals surface area contributed by atoms with Gasteiger partial charge < -0.3 is 10.0 Å². The first kappa shape index (κ1) is 11.9. The van der Waals surface area contributed by atoms with E-state index < -0.39 is 0 Å². The SMILES string of the molecule is O=C(CN1CCCCC1CCO)N1CCC1. The first-order chi connectivity index (χ1) is 7.81. The Kier molecular flexibility index (Phi) is 4.18. The van der Waals surface area contributed by atoms with Crippen molar-refractivity contribution < 1.29 is 9.90 Å². The van der Waals surface area contributed by atoms with Crippen molar-refractivity contribution in [3.8, 4) is 0 Å². The first-order valence-corrected chi connectivity index (χ1v) is 6.44. The van der Waals surface area contributed by atoms with Crippen LogP contribution in [0.2, 0.25) is 0 Å². The number of hydrogen-bond acceptors (Lipinski definition) is 3. The highest BCUT2D eigenvalue weighted by atomic mass is 16.3. The van der Waals surface area contributed by atoms with Gasteiger partial charge in [-0.2, -0.15) is 0 Å². The summed E-state index contributed by atoms with van der Waals surface area (Å²) in [5.41, 5.74) is 0. The largest absolute Gasteiger partial charge is 0.396 e. The molecule has 0 saturated carbocycles. The fraction of sp³-hybridized carbons (Fsp3) is 0.917. The summed E-state index contributed by atoms with van der Waals surface area (Å²) >= 11 is 0. The molecule has 4 heteroatoms. The third-order valence-corrected chi connectivity index (χ3v) is 3.76. The molecule has 0 aromatic heterocycles. The smallest absolute Gasteiger partial charge is 0.236 e. The number of amides is 1. The van der Waals surface area contributed by atoms with Gasteiger partial charge in [0.2, 0.25) is 5.91 Å². The summed E-state index contributed by atoms with van der Waals surface area (Å²) in [6.07, 6.45) is 5.53. The van der Waals surface area contributed by atoms with Crippen LogP contribution in [-0.4, -0.2) is 59.6 Å². The van der Waals surface area contributed by atoms with Gasteiger partial charge in [-0.1, -0.05) is 6.42 Å². The molecule has 2 heterocycles. The highest BCUT2D eigenvalue weighted by molar-refractivity contribution is 5.79. The number of piperidine rings is 1. The minimum atomic E-state index is 0.235. The summed E-state index contributed by atoms with van der Waals surface area (Å²) in [5.74, 6) is 0.274. The van der Waals surface area contributed by atoms with Gasteiger partial charge in [-0.05, 0) is 32.2 Å². The first-order valence-electron chi connectivity index (χ1n) is 6.44. The van der Waals surface area contributed by atoms with E-state index >= 15 is 0 Å². The second-order valence-electron chi connectivity index (χ2n) is 4.87. The number of aliphatic hydroxyl groups is 1. The zero-order chi connectivity index (χ0) is 11.4. The van der Waals surface area contributed by atoms with Crippen molar-refractivity contribution in [2.75, 3.05) is 32.8 Å². The summed E-state index contributed by atoms with van der Waals surface area (Å²) < 4.78 is 0. The fourth-order valence-electron chi connectivity index (χ4n) is 2.58. The van der Waals surface area contributed by atoms with Crippen LogP contribution in [0.3, 0.4) is 0 Å². The maximum absolute atomic E-state index is 11.9. The molecular weight excluding hydrogens is 204 g/mol. The van der Waals surface area contributed by atoms with Gasteiger partial charge in [-0.3, -0.25) is 9.69 Å². The van der Waals surface area contributed by atoms with E-state index in [1.165, 1.54) is 12.8 Å². The van der Waals surface area contributed by atoms with E-state index in [1.54, 1.807) is 0 Å². The van der Waals surface area contributed by atoms with Gasteiger partial charge >= 0.3 is 0 Å². The quantitative estimate of drug-likeness (QED) is 0.757. The summed E-state index contributed by atoms with van der Waals surface area (Å²) in [7, 11) is 0. The lowest BCUT2D eigenvalue weighted by molar-refractivity contribution is -0.136. The third kappa shape index (κ3) is 2.74. The van der Waals surface area contributed by atoms with E-state index in [1.807, 2.05) is 4.90 Å². The molecule has 0 radical (unpaired) electrons. The highest BCUT2D eigenvalue weighted by Crippen LogP contribution is 2.19. The number of carbonyl (C=O) groups is 1. The Morgan fingerprint density at radius 3 is 2.62 bits per heavy atom. The lowest BCUT2D eigenvalue weighted by Crippen LogP contribution is -2.50. The molecule has 1 amide bonds. The van der Waals surface area contributed by atoms with Gasteiger partial charge in [0.25, 0.3) is 0 Å². The lowest BCUT2D eigenvalue weighted by Gasteiger charge is -2.38. The van der Waals surface area contributed by atoms with Gasteiger partial charge in [0.1, 0.15) is 0 Å². The Hall–Kier alpha value is -0.610. The van der Waals surface area contributed by atoms with Crippen molar-refractivity contribution in [1.29, 1.82) is 0 Å². The second-order valence-corrected chi connectivity index (χ2v) is 4.87. The molecule has 2 aliphatic heterocycles. The topological polar surface area (TPSA) is 43.8 Å². The Balaban J connectivity index is 1.82. The van der Waals surface area contributed by atoms with Crippen molar-refractivity contribution in [3.63, 3.8) is 0 Å². The van der Waals surface area contributed by atoms with Crippen LogP contribution < -0.4 is 0 Å². The predicted molar refractivity (Wildman–Crippen MR) is 62.1 cm³/mol. The van der Waals surface area contributed by atoms with E-state index in [0.717, 1.165) is 38.9 Å². The summed E-state index contributed by atoms with van der Waals surface area (Å²) in [6.45, 7) is 3.70. The molecule has 2 rings (SSSR count). The van der Waals surface area contributed by atoms with Gasteiger partial charge in [-0.15, -0.1) is 0 Å². The van der Waals surface area contributed by atoms with E-state index in [4.69, 9.17) is 5.11 Å². The molecule has 1 unspecified atom stereocenters. The van der Waals surface area contributed by atoms with Crippen LogP contribution in [0.15, 0.2) is 0 Å². The predicted octanol–water partition coefficient (Wildman–Crippen LogP) is 0.456. The minimum Gasteiger partial charge on any atom is -0.396 e. The Labute approximate surface area is 97.2 Å². The number of carbonyl (C=O) groups excluding carboxylic acids is 1. The van der Waals surface area contributed by atoms with E-state index in [2.05, 4.69) is 4.90 Å². The molecule has 4 nitrogen and oxygen atoms in total. The molecule has 2 saturated heterocycles. The molecule has 1 N–H and O–H groups in total. The number of nitrogens with zero attached hydrogens (tertiary/aromatic N) is 2. The van der Waals surface area contributed by atoms with Crippen LogP contribution >= 0.6 is 0 Å². The number of likely N-dealkylation sites (tertiary alicyclic amines) is 2. The molecule has 0 aromatic rings. The number of hydrogen-bond donors (Lipinski definition) is 1. The van der Waals surface area contributed by atoms with Gasteiger partial charge in [0.05, 0.1) is 6.54 Å². The number of rotatable bonds is 4. The molecule has 0 aliphatic carbocycles. The molecule has 2 aliphatic rings. The zero-order valence-corrected chi connectivity index (χ0v) is 9.90. The van der Waals surface area contributed by atoms with E-state index in [0.29, 0.717) is 12.6 Å². The van der Waals surface area contributed by atoms with Crippen molar-refractivity contribution in [3.05, 3.63) is 0 Å². The van der Waals surface area contributed by atoms with Crippen LogP contribution in [0.4, 0.5) is 0 Å². The monoisotopic (exact) mass is 226 g/mol. The van der Waals surface area contributed by atoms with Crippen LogP contribution in [0.5, 0.6) is 0 Å².